The maximum absolute atomic E-state index is 11.8. The highest BCUT2D eigenvalue weighted by Gasteiger charge is 2.27. The Labute approximate surface area is 137 Å². The van der Waals surface area contributed by atoms with Crippen molar-refractivity contribution in [2.75, 3.05) is 13.6 Å². The van der Waals surface area contributed by atoms with Gasteiger partial charge in [0.2, 0.25) is 5.91 Å². The van der Waals surface area contributed by atoms with Crippen molar-refractivity contribution < 1.29 is 4.79 Å². The van der Waals surface area contributed by atoms with E-state index in [0.29, 0.717) is 6.42 Å². The van der Waals surface area contributed by atoms with Gasteiger partial charge in [-0.05, 0) is 25.5 Å². The Morgan fingerprint density at radius 2 is 2.04 bits per heavy atom. The predicted molar refractivity (Wildman–Crippen MR) is 90.0 cm³/mol. The summed E-state index contributed by atoms with van der Waals surface area (Å²) in [5.41, 5.74) is 5.09. The fraction of sp³-hybridized carbons (Fsp3) is 0.444. The van der Waals surface area contributed by atoms with Gasteiger partial charge in [0, 0.05) is 32.9 Å². The standard InChI is InChI=1S/C18H24N4O/c1-13-6-14(2)8-15(7-13)10-21-11-16-4-5-20-22(16)17(12-21)9-18(23)19-3/h4-8,17H,9-12H2,1-3H3,(H,19,23). The Balaban J connectivity index is 1.78. The van der Waals surface area contributed by atoms with Crippen LogP contribution < -0.4 is 5.32 Å². The van der Waals surface area contributed by atoms with E-state index in [4.69, 9.17) is 0 Å². The second kappa shape index (κ2) is 6.54. The first-order valence-electron chi connectivity index (χ1n) is 8.07. The smallest absolute Gasteiger partial charge is 0.221 e. The Bertz CT molecular complexity index is 687. The fourth-order valence-electron chi connectivity index (χ4n) is 3.47. The van der Waals surface area contributed by atoms with E-state index in [2.05, 4.69) is 47.4 Å². The molecule has 1 amide bonds. The van der Waals surface area contributed by atoms with Crippen LogP contribution >= 0.6 is 0 Å². The number of hydrogen-bond acceptors (Lipinski definition) is 3. The van der Waals surface area contributed by atoms with Gasteiger partial charge < -0.3 is 5.32 Å². The Morgan fingerprint density at radius 3 is 2.74 bits per heavy atom. The minimum absolute atomic E-state index is 0.0599. The molecule has 3 rings (SSSR count). The normalized spacial score (nSPS) is 17.8. The molecule has 1 aromatic heterocycles. The van der Waals surface area contributed by atoms with E-state index in [-0.39, 0.29) is 11.9 Å². The predicted octanol–water partition coefficient (Wildman–Crippen LogP) is 2.19. The van der Waals surface area contributed by atoms with E-state index < -0.39 is 0 Å². The average Bonchev–Trinajstić information content (AvgIpc) is 2.94. The fourth-order valence-corrected chi connectivity index (χ4v) is 3.47. The van der Waals surface area contributed by atoms with Gasteiger partial charge in [0.25, 0.3) is 0 Å². The summed E-state index contributed by atoms with van der Waals surface area (Å²) < 4.78 is 2.01. The van der Waals surface area contributed by atoms with Crippen LogP contribution in [0.4, 0.5) is 0 Å². The van der Waals surface area contributed by atoms with Gasteiger partial charge in [-0.3, -0.25) is 14.4 Å². The molecule has 1 aliphatic heterocycles. The maximum Gasteiger partial charge on any atom is 0.221 e. The maximum atomic E-state index is 11.8. The molecule has 0 radical (unpaired) electrons. The second-order valence-corrected chi connectivity index (χ2v) is 6.46. The van der Waals surface area contributed by atoms with Gasteiger partial charge in [-0.15, -0.1) is 0 Å². The van der Waals surface area contributed by atoms with Crippen LogP contribution in [-0.4, -0.2) is 34.2 Å². The first-order valence-corrected chi connectivity index (χ1v) is 8.07. The minimum Gasteiger partial charge on any atom is -0.359 e. The van der Waals surface area contributed by atoms with E-state index in [9.17, 15) is 4.79 Å². The summed E-state index contributed by atoms with van der Waals surface area (Å²) in [4.78, 5) is 14.2. The number of hydrogen-bond donors (Lipinski definition) is 1. The summed E-state index contributed by atoms with van der Waals surface area (Å²) in [6.45, 7) is 6.89. The molecule has 5 heteroatoms. The first-order chi connectivity index (χ1) is 11.0. The monoisotopic (exact) mass is 312 g/mol. The zero-order valence-electron chi connectivity index (χ0n) is 14.0. The van der Waals surface area contributed by atoms with Gasteiger partial charge >= 0.3 is 0 Å². The summed E-state index contributed by atoms with van der Waals surface area (Å²) in [6, 6.07) is 8.83. The Morgan fingerprint density at radius 1 is 1.30 bits per heavy atom. The molecule has 23 heavy (non-hydrogen) atoms. The first kappa shape index (κ1) is 15.7. The van der Waals surface area contributed by atoms with Gasteiger partial charge in [-0.2, -0.15) is 5.10 Å². The lowest BCUT2D eigenvalue weighted by Crippen LogP contribution is -2.39. The molecule has 1 aromatic carbocycles. The molecular weight excluding hydrogens is 288 g/mol. The minimum atomic E-state index is 0.0599. The molecule has 1 unspecified atom stereocenters. The van der Waals surface area contributed by atoms with Crippen LogP contribution in [0.25, 0.3) is 0 Å². The van der Waals surface area contributed by atoms with E-state index in [1.165, 1.54) is 22.4 Å². The molecule has 2 heterocycles. The van der Waals surface area contributed by atoms with Crippen LogP contribution in [0.15, 0.2) is 30.5 Å². The zero-order valence-corrected chi connectivity index (χ0v) is 14.0. The third kappa shape index (κ3) is 3.62. The van der Waals surface area contributed by atoms with E-state index in [0.717, 1.165) is 19.6 Å². The lowest BCUT2D eigenvalue weighted by atomic mass is 10.1. The highest BCUT2D eigenvalue weighted by atomic mass is 16.1. The third-order valence-corrected chi connectivity index (χ3v) is 4.34. The number of amides is 1. The molecule has 0 saturated heterocycles. The van der Waals surface area contributed by atoms with E-state index in [1.54, 1.807) is 7.05 Å². The van der Waals surface area contributed by atoms with Crippen LogP contribution in [0.3, 0.4) is 0 Å². The summed E-state index contributed by atoms with van der Waals surface area (Å²) in [5, 5.41) is 7.12. The quantitative estimate of drug-likeness (QED) is 0.941. The van der Waals surface area contributed by atoms with Crippen LogP contribution in [0.2, 0.25) is 0 Å². The van der Waals surface area contributed by atoms with Crippen LogP contribution in [0, 0.1) is 13.8 Å². The van der Waals surface area contributed by atoms with Crippen molar-refractivity contribution in [3.05, 3.63) is 52.8 Å². The van der Waals surface area contributed by atoms with Crippen LogP contribution in [0.5, 0.6) is 0 Å². The lowest BCUT2D eigenvalue weighted by molar-refractivity contribution is -0.121. The molecule has 1 aliphatic rings. The SMILES string of the molecule is CNC(=O)CC1CN(Cc2cc(C)cc(C)c2)Cc2ccnn21. The highest BCUT2D eigenvalue weighted by Crippen LogP contribution is 2.24. The zero-order chi connectivity index (χ0) is 16.4. The molecular formula is C18H24N4O. The molecule has 1 N–H and O–H groups in total. The highest BCUT2D eigenvalue weighted by molar-refractivity contribution is 5.76. The molecule has 0 fully saturated rings. The number of nitrogens with one attached hydrogen (secondary N) is 1. The number of fused-ring (bicyclic) bond motifs is 1. The van der Waals surface area contributed by atoms with Crippen molar-refractivity contribution >= 4 is 5.91 Å². The van der Waals surface area contributed by atoms with Gasteiger partial charge in [0.1, 0.15) is 0 Å². The van der Waals surface area contributed by atoms with E-state index in [1.807, 2.05) is 16.9 Å². The van der Waals surface area contributed by atoms with Gasteiger partial charge in [0.15, 0.2) is 0 Å². The number of benzene rings is 1. The Hall–Kier alpha value is -2.14. The average molecular weight is 312 g/mol. The molecule has 0 aliphatic carbocycles. The lowest BCUT2D eigenvalue weighted by Gasteiger charge is -2.33. The van der Waals surface area contributed by atoms with Crippen molar-refractivity contribution in [3.8, 4) is 0 Å². The molecule has 1 atom stereocenters. The summed E-state index contributed by atoms with van der Waals surface area (Å²) in [6.07, 6.45) is 2.29. The summed E-state index contributed by atoms with van der Waals surface area (Å²) in [5.74, 6) is 0.0599. The van der Waals surface area contributed by atoms with Crippen molar-refractivity contribution in [1.82, 2.24) is 20.0 Å². The van der Waals surface area contributed by atoms with Crippen molar-refractivity contribution in [2.45, 2.75) is 39.4 Å². The molecule has 122 valence electrons. The van der Waals surface area contributed by atoms with Gasteiger partial charge in [-0.25, -0.2) is 0 Å². The third-order valence-electron chi connectivity index (χ3n) is 4.34. The second-order valence-electron chi connectivity index (χ2n) is 6.46. The number of aryl methyl sites for hydroxylation is 2. The number of carbonyl (C=O) groups is 1. The van der Waals surface area contributed by atoms with Crippen molar-refractivity contribution in [2.24, 2.45) is 0 Å². The molecule has 0 spiro atoms. The van der Waals surface area contributed by atoms with Gasteiger partial charge in [0.05, 0.1) is 18.2 Å². The molecule has 0 saturated carbocycles. The Kier molecular flexibility index (Phi) is 4.48. The summed E-state index contributed by atoms with van der Waals surface area (Å²) >= 11 is 0. The topological polar surface area (TPSA) is 50.2 Å². The molecule has 0 bridgehead atoms. The number of aromatic nitrogens is 2. The van der Waals surface area contributed by atoms with Crippen molar-refractivity contribution in [1.29, 1.82) is 0 Å². The van der Waals surface area contributed by atoms with E-state index >= 15 is 0 Å². The molecule has 2 aromatic rings. The van der Waals surface area contributed by atoms with Crippen molar-refractivity contribution in [3.63, 3.8) is 0 Å². The largest absolute Gasteiger partial charge is 0.359 e. The molecule has 5 nitrogen and oxygen atoms in total. The number of rotatable bonds is 4. The summed E-state index contributed by atoms with van der Waals surface area (Å²) in [7, 11) is 1.68. The number of nitrogens with zero attached hydrogens (tertiary/aromatic N) is 3. The van der Waals surface area contributed by atoms with Crippen LogP contribution in [0.1, 0.15) is 34.8 Å². The van der Waals surface area contributed by atoms with Gasteiger partial charge in [-0.1, -0.05) is 29.3 Å². The van der Waals surface area contributed by atoms with Crippen LogP contribution in [-0.2, 0) is 17.9 Å². The number of carbonyl (C=O) groups excluding carboxylic acids is 1.